The number of fused-ring (bicyclic) bond motifs is 1. The van der Waals surface area contributed by atoms with Gasteiger partial charge >= 0.3 is 6.03 Å². The maximum Gasteiger partial charge on any atom is 0.375 e. The van der Waals surface area contributed by atoms with Crippen LogP contribution in [0.1, 0.15) is 0 Å². The minimum atomic E-state index is -0.954. The molecule has 0 aromatic carbocycles. The molecular weight excluding hydrogens is 182 g/mol. The average Bonchev–Trinajstić information content (AvgIpc) is 2.48. The van der Waals surface area contributed by atoms with E-state index in [1.165, 1.54) is 5.55 Å². The van der Waals surface area contributed by atoms with Gasteiger partial charge in [-0.1, -0.05) is 11.8 Å². The van der Waals surface area contributed by atoms with E-state index in [4.69, 9.17) is 5.21 Å². The van der Waals surface area contributed by atoms with E-state index >= 15 is 0 Å². The highest BCUT2D eigenvalue weighted by molar-refractivity contribution is 8.25. The summed E-state index contributed by atoms with van der Waals surface area (Å²) in [6, 6.07) is -1.76. The molecule has 6 nitrogen and oxygen atoms in total. The molecule has 2 aliphatic rings. The number of rotatable bonds is 0. The SMILES string of the molecule is O=C1N=C2SC=NC2C(=O)N1O. The van der Waals surface area contributed by atoms with E-state index in [2.05, 4.69) is 9.98 Å². The van der Waals surface area contributed by atoms with E-state index < -0.39 is 18.0 Å². The summed E-state index contributed by atoms with van der Waals surface area (Å²) in [6.45, 7) is 0. The fourth-order valence-electron chi connectivity index (χ4n) is 0.882. The first-order valence-corrected chi connectivity index (χ1v) is 3.92. The van der Waals surface area contributed by atoms with Crippen LogP contribution < -0.4 is 0 Å². The van der Waals surface area contributed by atoms with Gasteiger partial charge < -0.3 is 0 Å². The third-order valence-electron chi connectivity index (χ3n) is 1.45. The molecule has 0 saturated carbocycles. The summed E-state index contributed by atoms with van der Waals surface area (Å²) < 4.78 is 0. The molecule has 7 heteroatoms. The minimum absolute atomic E-state index is 0.0165. The number of imide groups is 1. The number of hydrogen-bond acceptors (Lipinski definition) is 5. The second kappa shape index (κ2) is 2.39. The average molecular weight is 185 g/mol. The van der Waals surface area contributed by atoms with Gasteiger partial charge in [0.25, 0.3) is 5.91 Å². The molecule has 1 unspecified atom stereocenters. The Morgan fingerprint density at radius 3 is 3.08 bits per heavy atom. The van der Waals surface area contributed by atoms with Crippen LogP contribution in [0.2, 0.25) is 0 Å². The first kappa shape index (κ1) is 7.44. The highest BCUT2D eigenvalue weighted by Gasteiger charge is 2.38. The van der Waals surface area contributed by atoms with Gasteiger partial charge in [0, 0.05) is 0 Å². The molecule has 0 aliphatic carbocycles. The number of aliphatic imine (C=N–C) groups is 2. The van der Waals surface area contributed by atoms with Gasteiger partial charge in [-0.2, -0.15) is 4.99 Å². The van der Waals surface area contributed by atoms with E-state index in [0.29, 0.717) is 5.04 Å². The molecular formula is C5H3N3O3S. The van der Waals surface area contributed by atoms with Crippen molar-refractivity contribution < 1.29 is 14.8 Å². The predicted octanol–water partition coefficient (Wildman–Crippen LogP) is -0.120. The second-order valence-electron chi connectivity index (χ2n) is 2.16. The Labute approximate surface area is 70.9 Å². The van der Waals surface area contributed by atoms with Crippen molar-refractivity contribution in [1.29, 1.82) is 0 Å². The van der Waals surface area contributed by atoms with Crippen molar-refractivity contribution in [2.24, 2.45) is 9.98 Å². The number of hydroxylamine groups is 2. The molecule has 2 aliphatic heterocycles. The van der Waals surface area contributed by atoms with Crippen LogP contribution in [0.3, 0.4) is 0 Å². The zero-order valence-corrected chi connectivity index (χ0v) is 6.48. The normalized spacial score (nSPS) is 27.6. The third-order valence-corrected chi connectivity index (χ3v) is 2.23. The largest absolute Gasteiger partial charge is 0.375 e. The van der Waals surface area contributed by atoms with Crippen molar-refractivity contribution in [1.82, 2.24) is 5.06 Å². The summed E-state index contributed by atoms with van der Waals surface area (Å²) >= 11 is 1.11. The number of carbonyl (C=O) groups excluding carboxylic acids is 2. The molecule has 2 heterocycles. The third kappa shape index (κ3) is 0.868. The molecule has 1 atom stereocenters. The highest BCUT2D eigenvalue weighted by atomic mass is 32.2. The molecule has 0 saturated heterocycles. The topological polar surface area (TPSA) is 82.3 Å². The smallest absolute Gasteiger partial charge is 0.277 e. The molecule has 0 radical (unpaired) electrons. The van der Waals surface area contributed by atoms with Crippen molar-refractivity contribution >= 4 is 34.3 Å². The Morgan fingerprint density at radius 1 is 1.58 bits per heavy atom. The maximum absolute atomic E-state index is 11.1. The van der Waals surface area contributed by atoms with E-state index in [1.54, 1.807) is 0 Å². The fourth-order valence-corrected chi connectivity index (χ4v) is 1.59. The summed E-state index contributed by atoms with van der Waals surface area (Å²) in [5, 5.41) is 9.15. The first-order valence-electron chi connectivity index (χ1n) is 3.04. The van der Waals surface area contributed by atoms with Crippen LogP contribution in [0, 0.1) is 0 Å². The van der Waals surface area contributed by atoms with Gasteiger partial charge in [0.1, 0.15) is 5.04 Å². The van der Waals surface area contributed by atoms with E-state index in [9.17, 15) is 9.59 Å². The number of thioether (sulfide) groups is 1. The van der Waals surface area contributed by atoms with E-state index in [1.807, 2.05) is 0 Å². The first-order chi connectivity index (χ1) is 5.70. The Morgan fingerprint density at radius 2 is 2.33 bits per heavy atom. The lowest BCUT2D eigenvalue weighted by Crippen LogP contribution is -2.45. The molecule has 2 rings (SSSR count). The van der Waals surface area contributed by atoms with E-state index in [-0.39, 0.29) is 5.06 Å². The molecule has 0 bridgehead atoms. The van der Waals surface area contributed by atoms with Gasteiger partial charge in [-0.15, -0.1) is 5.06 Å². The number of amides is 3. The standard InChI is InChI=1S/C5H3N3O3S/c9-4-2-3(12-1-6-2)7-5(10)8(4)11/h1-2,11H. The summed E-state index contributed by atoms with van der Waals surface area (Å²) in [5.41, 5.74) is 1.42. The molecule has 12 heavy (non-hydrogen) atoms. The Bertz CT molecular complexity index is 324. The fraction of sp³-hybridized carbons (Fsp3) is 0.200. The molecule has 1 N–H and O–H groups in total. The molecule has 0 spiro atoms. The monoisotopic (exact) mass is 185 g/mol. The molecule has 0 aromatic rings. The second-order valence-corrected chi connectivity index (χ2v) is 3.02. The zero-order chi connectivity index (χ0) is 8.72. The van der Waals surface area contributed by atoms with Crippen LogP contribution in [-0.2, 0) is 4.79 Å². The van der Waals surface area contributed by atoms with Crippen LogP contribution in [0.4, 0.5) is 4.79 Å². The lowest BCUT2D eigenvalue weighted by atomic mass is 10.3. The minimum Gasteiger partial charge on any atom is -0.277 e. The zero-order valence-electron chi connectivity index (χ0n) is 5.67. The lowest BCUT2D eigenvalue weighted by molar-refractivity contribution is -0.152. The van der Waals surface area contributed by atoms with Crippen LogP contribution >= 0.6 is 11.8 Å². The van der Waals surface area contributed by atoms with Gasteiger partial charge in [0.15, 0.2) is 6.04 Å². The van der Waals surface area contributed by atoms with Gasteiger partial charge in [-0.3, -0.25) is 15.0 Å². The van der Waals surface area contributed by atoms with Gasteiger partial charge in [0.2, 0.25) is 0 Å². The van der Waals surface area contributed by atoms with Gasteiger partial charge in [-0.05, 0) is 0 Å². The summed E-state index contributed by atoms with van der Waals surface area (Å²) in [4.78, 5) is 29.0. The van der Waals surface area contributed by atoms with Crippen molar-refractivity contribution in [2.75, 3.05) is 0 Å². The Balaban J connectivity index is 2.43. The quantitative estimate of drug-likeness (QED) is 0.533. The van der Waals surface area contributed by atoms with Crippen LogP contribution in [0.5, 0.6) is 0 Å². The summed E-state index contributed by atoms with van der Waals surface area (Å²) in [5.74, 6) is -0.744. The number of hydrogen-bond donors (Lipinski definition) is 1. The number of urea groups is 1. The maximum atomic E-state index is 11.1. The van der Waals surface area contributed by atoms with Crippen molar-refractivity contribution in [3.8, 4) is 0 Å². The van der Waals surface area contributed by atoms with Crippen LogP contribution in [0.25, 0.3) is 0 Å². The van der Waals surface area contributed by atoms with Crippen LogP contribution in [0.15, 0.2) is 9.98 Å². The summed E-state index contributed by atoms with van der Waals surface area (Å²) in [6.07, 6.45) is 0. The lowest BCUT2D eigenvalue weighted by Gasteiger charge is -2.18. The summed E-state index contributed by atoms with van der Waals surface area (Å²) in [7, 11) is 0. The van der Waals surface area contributed by atoms with E-state index in [0.717, 1.165) is 11.8 Å². The van der Waals surface area contributed by atoms with Gasteiger partial charge in [0.05, 0.1) is 5.55 Å². The molecule has 0 fully saturated rings. The van der Waals surface area contributed by atoms with Crippen LogP contribution in [-0.4, -0.2) is 38.8 Å². The molecule has 3 amide bonds. The number of carbonyl (C=O) groups is 2. The Kier molecular flexibility index (Phi) is 1.48. The van der Waals surface area contributed by atoms with Gasteiger partial charge in [-0.25, -0.2) is 4.79 Å². The predicted molar refractivity (Wildman–Crippen MR) is 41.3 cm³/mol. The van der Waals surface area contributed by atoms with Crippen molar-refractivity contribution in [3.63, 3.8) is 0 Å². The number of nitrogens with zero attached hydrogens (tertiary/aromatic N) is 3. The van der Waals surface area contributed by atoms with Crippen molar-refractivity contribution in [2.45, 2.75) is 6.04 Å². The van der Waals surface area contributed by atoms with Crippen molar-refractivity contribution in [3.05, 3.63) is 0 Å². The Hall–Kier alpha value is -1.21. The molecule has 62 valence electrons. The highest BCUT2D eigenvalue weighted by Crippen LogP contribution is 2.21. The molecule has 0 aromatic heterocycles.